The van der Waals surface area contributed by atoms with Gasteiger partial charge in [-0.15, -0.1) is 0 Å². The van der Waals surface area contributed by atoms with Crippen LogP contribution in [0, 0.1) is 3.57 Å². The molecule has 0 fully saturated rings. The molecule has 0 aromatic heterocycles. The van der Waals surface area contributed by atoms with Crippen molar-refractivity contribution in [1.29, 1.82) is 0 Å². The van der Waals surface area contributed by atoms with Crippen LogP contribution in [0.4, 0.5) is 0 Å². The van der Waals surface area contributed by atoms with Gasteiger partial charge < -0.3 is 10.5 Å². The van der Waals surface area contributed by atoms with Crippen LogP contribution >= 0.6 is 34.2 Å². The monoisotopic (exact) mass is 387 g/mol. The van der Waals surface area contributed by atoms with Gasteiger partial charge in [-0.25, -0.2) is 0 Å². The summed E-state index contributed by atoms with van der Waals surface area (Å²) in [5.41, 5.74) is 8.28. The molecular weight excluding hydrogens is 373 g/mol. The summed E-state index contributed by atoms with van der Waals surface area (Å²) in [5.74, 6) is 0.826. The van der Waals surface area contributed by atoms with Crippen LogP contribution in [0.5, 0.6) is 5.75 Å². The molecule has 1 atom stereocenters. The Balaban J connectivity index is 2.37. The number of halogens is 2. The molecule has 0 bridgehead atoms. The second-order valence-electron chi connectivity index (χ2n) is 4.12. The van der Waals surface area contributed by atoms with E-state index in [1.165, 1.54) is 0 Å². The van der Waals surface area contributed by atoms with E-state index in [1.807, 2.05) is 49.4 Å². The normalized spacial score (nSPS) is 12.2. The average molecular weight is 388 g/mol. The highest BCUT2D eigenvalue weighted by Gasteiger charge is 2.14. The zero-order chi connectivity index (χ0) is 13.8. The molecule has 0 aliphatic rings. The highest BCUT2D eigenvalue weighted by Crippen LogP contribution is 2.30. The molecule has 100 valence electrons. The summed E-state index contributed by atoms with van der Waals surface area (Å²) in [6.07, 6.45) is 0. The molecular formula is C15H15ClINO. The molecule has 2 N–H and O–H groups in total. The lowest BCUT2D eigenvalue weighted by Crippen LogP contribution is -2.13. The van der Waals surface area contributed by atoms with Gasteiger partial charge in [-0.2, -0.15) is 0 Å². The Kier molecular flexibility index (Phi) is 5.07. The molecule has 0 heterocycles. The first-order valence-corrected chi connectivity index (χ1v) is 7.51. The fourth-order valence-electron chi connectivity index (χ4n) is 1.91. The first-order chi connectivity index (χ1) is 9.13. The van der Waals surface area contributed by atoms with E-state index < -0.39 is 0 Å². The lowest BCUT2D eigenvalue weighted by molar-refractivity contribution is 0.335. The standard InChI is InChI=1S/C15H15ClINO/c1-2-19-14-6-4-3-5-11(14)15(18)10-7-8-13(17)12(16)9-10/h3-9,15H,2,18H2,1H3. The molecule has 2 rings (SSSR count). The number of para-hydroxylation sites is 1. The van der Waals surface area contributed by atoms with Gasteiger partial charge in [0.2, 0.25) is 0 Å². The summed E-state index contributed by atoms with van der Waals surface area (Å²) in [4.78, 5) is 0. The Bertz CT molecular complexity index is 574. The van der Waals surface area contributed by atoms with Gasteiger partial charge in [-0.05, 0) is 53.3 Å². The summed E-state index contributed by atoms with van der Waals surface area (Å²) in [6.45, 7) is 2.58. The van der Waals surface area contributed by atoms with Crippen LogP contribution in [-0.4, -0.2) is 6.61 Å². The maximum Gasteiger partial charge on any atom is 0.124 e. The number of hydrogen-bond donors (Lipinski definition) is 1. The van der Waals surface area contributed by atoms with Crippen LogP contribution in [0.3, 0.4) is 0 Å². The fourth-order valence-corrected chi connectivity index (χ4v) is 2.43. The summed E-state index contributed by atoms with van der Waals surface area (Å²) >= 11 is 8.35. The van der Waals surface area contributed by atoms with Crippen molar-refractivity contribution in [1.82, 2.24) is 0 Å². The van der Waals surface area contributed by atoms with Crippen LogP contribution in [0.25, 0.3) is 0 Å². The second kappa shape index (κ2) is 6.59. The molecule has 19 heavy (non-hydrogen) atoms. The Morgan fingerprint density at radius 1 is 1.26 bits per heavy atom. The van der Waals surface area contributed by atoms with Crippen LogP contribution in [0.1, 0.15) is 24.1 Å². The van der Waals surface area contributed by atoms with Crippen LogP contribution < -0.4 is 10.5 Å². The number of hydrogen-bond acceptors (Lipinski definition) is 2. The summed E-state index contributed by atoms with van der Waals surface area (Å²) in [5, 5.41) is 0.724. The Morgan fingerprint density at radius 3 is 2.68 bits per heavy atom. The maximum absolute atomic E-state index is 6.33. The molecule has 0 radical (unpaired) electrons. The predicted molar refractivity (Wildman–Crippen MR) is 87.8 cm³/mol. The van der Waals surface area contributed by atoms with Crippen LogP contribution in [-0.2, 0) is 0 Å². The van der Waals surface area contributed by atoms with Crippen molar-refractivity contribution in [3.63, 3.8) is 0 Å². The lowest BCUT2D eigenvalue weighted by Gasteiger charge is -2.17. The van der Waals surface area contributed by atoms with Gasteiger partial charge in [0, 0.05) is 9.13 Å². The van der Waals surface area contributed by atoms with Crippen molar-refractivity contribution < 1.29 is 4.74 Å². The topological polar surface area (TPSA) is 35.2 Å². The van der Waals surface area contributed by atoms with E-state index >= 15 is 0 Å². The summed E-state index contributed by atoms with van der Waals surface area (Å²) in [6, 6.07) is 13.5. The van der Waals surface area contributed by atoms with Crippen molar-refractivity contribution in [2.24, 2.45) is 5.73 Å². The van der Waals surface area contributed by atoms with Crippen molar-refractivity contribution >= 4 is 34.2 Å². The van der Waals surface area contributed by atoms with Crippen molar-refractivity contribution in [3.8, 4) is 5.75 Å². The third kappa shape index (κ3) is 3.41. The predicted octanol–water partition coefficient (Wildman–Crippen LogP) is 4.39. The molecule has 0 amide bonds. The molecule has 0 spiro atoms. The van der Waals surface area contributed by atoms with E-state index in [9.17, 15) is 0 Å². The Morgan fingerprint density at radius 2 is 2.00 bits per heavy atom. The number of ether oxygens (including phenoxy) is 1. The molecule has 0 aliphatic carbocycles. The van der Waals surface area contributed by atoms with Gasteiger partial charge in [-0.1, -0.05) is 35.9 Å². The van der Waals surface area contributed by atoms with Crippen LogP contribution in [0.15, 0.2) is 42.5 Å². The molecule has 0 saturated heterocycles. The minimum absolute atomic E-state index is 0.239. The maximum atomic E-state index is 6.33. The minimum atomic E-state index is -0.239. The number of nitrogens with two attached hydrogens (primary N) is 1. The fraction of sp³-hybridized carbons (Fsp3) is 0.200. The highest BCUT2D eigenvalue weighted by molar-refractivity contribution is 14.1. The molecule has 0 aliphatic heterocycles. The average Bonchev–Trinajstić information content (AvgIpc) is 2.42. The number of rotatable bonds is 4. The SMILES string of the molecule is CCOc1ccccc1C(N)c1ccc(I)c(Cl)c1. The van der Waals surface area contributed by atoms with E-state index in [2.05, 4.69) is 22.6 Å². The van der Waals surface area contributed by atoms with Gasteiger partial charge in [0.25, 0.3) is 0 Å². The molecule has 2 aromatic carbocycles. The van der Waals surface area contributed by atoms with Crippen molar-refractivity contribution in [2.45, 2.75) is 13.0 Å². The van der Waals surface area contributed by atoms with Gasteiger partial charge in [0.15, 0.2) is 0 Å². The van der Waals surface area contributed by atoms with Gasteiger partial charge >= 0.3 is 0 Å². The third-order valence-corrected chi connectivity index (χ3v) is 4.43. The van der Waals surface area contributed by atoms with Crippen molar-refractivity contribution in [2.75, 3.05) is 6.61 Å². The molecule has 2 aromatic rings. The third-order valence-electron chi connectivity index (χ3n) is 2.86. The minimum Gasteiger partial charge on any atom is -0.494 e. The quantitative estimate of drug-likeness (QED) is 0.790. The van der Waals surface area contributed by atoms with E-state index in [0.29, 0.717) is 6.61 Å². The zero-order valence-corrected chi connectivity index (χ0v) is 13.5. The van der Waals surface area contributed by atoms with E-state index in [1.54, 1.807) is 0 Å². The van der Waals surface area contributed by atoms with E-state index in [4.69, 9.17) is 22.1 Å². The molecule has 1 unspecified atom stereocenters. The largest absolute Gasteiger partial charge is 0.494 e. The number of benzene rings is 2. The van der Waals surface area contributed by atoms with E-state index in [-0.39, 0.29) is 6.04 Å². The Hall–Kier alpha value is -0.780. The van der Waals surface area contributed by atoms with Gasteiger partial charge in [-0.3, -0.25) is 0 Å². The van der Waals surface area contributed by atoms with Gasteiger partial charge in [0.1, 0.15) is 5.75 Å². The summed E-state index contributed by atoms with van der Waals surface area (Å²) < 4.78 is 6.64. The smallest absolute Gasteiger partial charge is 0.124 e. The molecule has 0 saturated carbocycles. The first-order valence-electron chi connectivity index (χ1n) is 6.05. The van der Waals surface area contributed by atoms with E-state index in [0.717, 1.165) is 25.5 Å². The molecule has 2 nitrogen and oxygen atoms in total. The second-order valence-corrected chi connectivity index (χ2v) is 5.69. The molecule has 4 heteroatoms. The Labute approximate surface area is 132 Å². The van der Waals surface area contributed by atoms with Crippen molar-refractivity contribution in [3.05, 3.63) is 62.2 Å². The highest BCUT2D eigenvalue weighted by atomic mass is 127. The van der Waals surface area contributed by atoms with Crippen LogP contribution in [0.2, 0.25) is 5.02 Å². The zero-order valence-electron chi connectivity index (χ0n) is 10.6. The first kappa shape index (κ1) is 14.6. The summed E-state index contributed by atoms with van der Waals surface area (Å²) in [7, 11) is 0. The van der Waals surface area contributed by atoms with Gasteiger partial charge in [0.05, 0.1) is 17.7 Å². The lowest BCUT2D eigenvalue weighted by atomic mass is 9.99.